The highest BCUT2D eigenvalue weighted by atomic mass is 19.1. The van der Waals surface area contributed by atoms with Crippen LogP contribution in [-0.4, -0.2) is 61.4 Å². The normalized spacial score (nSPS) is 16.9. The van der Waals surface area contributed by atoms with E-state index in [1.807, 2.05) is 18.7 Å². The first-order chi connectivity index (χ1) is 13.0. The largest absolute Gasteiger partial charge is 0.357 e. The number of nitrogens with zero attached hydrogens (tertiary/aromatic N) is 2. The highest BCUT2D eigenvalue weighted by Crippen LogP contribution is 2.10. The van der Waals surface area contributed by atoms with Crippen LogP contribution in [0.15, 0.2) is 29.3 Å². The van der Waals surface area contributed by atoms with Crippen molar-refractivity contribution in [2.75, 3.05) is 32.7 Å². The van der Waals surface area contributed by atoms with Gasteiger partial charge in [0.05, 0.1) is 12.1 Å². The third kappa shape index (κ3) is 6.23. The van der Waals surface area contributed by atoms with Crippen molar-refractivity contribution in [1.29, 1.82) is 0 Å². The minimum Gasteiger partial charge on any atom is -0.357 e. The standard InChI is InChI=1S/C19H28FN5O2/c1-3-17(26)25-12-9-14(13-25)24-19(21-4-2)23-11-10-22-18(27)15-7-5-6-8-16(15)20/h5-8,14H,3-4,9-13H2,1-2H3,(H,22,27)(H2,21,23,24). The number of halogens is 1. The number of amides is 2. The van der Waals surface area contributed by atoms with Crippen LogP contribution in [-0.2, 0) is 4.79 Å². The highest BCUT2D eigenvalue weighted by Gasteiger charge is 2.25. The molecule has 0 saturated carbocycles. The summed E-state index contributed by atoms with van der Waals surface area (Å²) in [5, 5.41) is 9.15. The molecule has 8 heteroatoms. The molecule has 0 aromatic heterocycles. The van der Waals surface area contributed by atoms with E-state index in [1.165, 1.54) is 12.1 Å². The number of aliphatic imine (C=N–C) groups is 1. The Hall–Kier alpha value is -2.64. The first-order valence-corrected chi connectivity index (χ1v) is 9.40. The van der Waals surface area contributed by atoms with E-state index in [0.29, 0.717) is 38.6 Å². The van der Waals surface area contributed by atoms with Crippen molar-refractivity contribution in [1.82, 2.24) is 20.9 Å². The van der Waals surface area contributed by atoms with Gasteiger partial charge < -0.3 is 20.9 Å². The molecule has 0 radical (unpaired) electrons. The molecule has 7 nitrogen and oxygen atoms in total. The maximum atomic E-state index is 13.6. The topological polar surface area (TPSA) is 85.8 Å². The van der Waals surface area contributed by atoms with Gasteiger partial charge in [0.25, 0.3) is 5.91 Å². The van der Waals surface area contributed by atoms with E-state index in [1.54, 1.807) is 12.1 Å². The fourth-order valence-electron chi connectivity index (χ4n) is 2.92. The summed E-state index contributed by atoms with van der Waals surface area (Å²) in [6.07, 6.45) is 1.39. The number of rotatable bonds is 7. The van der Waals surface area contributed by atoms with Crippen molar-refractivity contribution in [3.8, 4) is 0 Å². The molecule has 1 aliphatic heterocycles. The Balaban J connectivity index is 1.81. The molecular formula is C19H28FN5O2. The minimum absolute atomic E-state index is 0.0261. The molecule has 1 aromatic rings. The molecular weight excluding hydrogens is 349 g/mol. The van der Waals surface area contributed by atoms with Crippen molar-refractivity contribution in [2.24, 2.45) is 4.99 Å². The average Bonchev–Trinajstić information content (AvgIpc) is 3.13. The van der Waals surface area contributed by atoms with Gasteiger partial charge in [-0.3, -0.25) is 14.6 Å². The van der Waals surface area contributed by atoms with Gasteiger partial charge in [0.2, 0.25) is 5.91 Å². The molecule has 1 saturated heterocycles. The number of benzene rings is 1. The molecule has 1 fully saturated rings. The summed E-state index contributed by atoms with van der Waals surface area (Å²) in [5.41, 5.74) is 0.0261. The zero-order valence-electron chi connectivity index (χ0n) is 15.9. The van der Waals surface area contributed by atoms with Crippen LogP contribution in [0.4, 0.5) is 4.39 Å². The molecule has 1 aromatic carbocycles. The molecule has 3 N–H and O–H groups in total. The number of carbonyl (C=O) groups excluding carboxylic acids is 2. The molecule has 1 aliphatic rings. The van der Waals surface area contributed by atoms with Gasteiger partial charge in [0, 0.05) is 38.6 Å². The predicted molar refractivity (Wildman–Crippen MR) is 103 cm³/mol. The third-order valence-corrected chi connectivity index (χ3v) is 4.31. The van der Waals surface area contributed by atoms with Crippen LogP contribution in [0.2, 0.25) is 0 Å². The number of guanidine groups is 1. The van der Waals surface area contributed by atoms with Crippen LogP contribution in [0.1, 0.15) is 37.0 Å². The average molecular weight is 377 g/mol. The van der Waals surface area contributed by atoms with Crippen molar-refractivity contribution < 1.29 is 14.0 Å². The molecule has 2 amide bonds. The van der Waals surface area contributed by atoms with Crippen molar-refractivity contribution in [3.63, 3.8) is 0 Å². The molecule has 148 valence electrons. The number of hydrogen-bond donors (Lipinski definition) is 3. The molecule has 2 rings (SSSR count). The lowest BCUT2D eigenvalue weighted by Gasteiger charge is -2.18. The molecule has 27 heavy (non-hydrogen) atoms. The van der Waals surface area contributed by atoms with Gasteiger partial charge in [-0.15, -0.1) is 0 Å². The summed E-state index contributed by atoms with van der Waals surface area (Å²) in [6, 6.07) is 6.03. The fraction of sp³-hybridized carbons (Fsp3) is 0.526. The van der Waals surface area contributed by atoms with E-state index in [2.05, 4.69) is 20.9 Å². The zero-order valence-corrected chi connectivity index (χ0v) is 15.9. The lowest BCUT2D eigenvalue weighted by Crippen LogP contribution is -2.45. The van der Waals surface area contributed by atoms with E-state index < -0.39 is 11.7 Å². The number of hydrogen-bond acceptors (Lipinski definition) is 3. The van der Waals surface area contributed by atoms with E-state index in [9.17, 15) is 14.0 Å². The SMILES string of the molecule is CCNC(=NCCNC(=O)c1ccccc1F)NC1CCN(C(=O)CC)C1. The number of likely N-dealkylation sites (tertiary alicyclic amines) is 1. The quantitative estimate of drug-likeness (QED) is 0.378. The van der Waals surface area contributed by atoms with Crippen LogP contribution in [0.25, 0.3) is 0 Å². The Morgan fingerprint density at radius 2 is 2.04 bits per heavy atom. The second kappa shape index (κ2) is 10.5. The lowest BCUT2D eigenvalue weighted by molar-refractivity contribution is -0.129. The first kappa shape index (κ1) is 20.7. The monoisotopic (exact) mass is 377 g/mol. The fourth-order valence-corrected chi connectivity index (χ4v) is 2.92. The molecule has 1 atom stereocenters. The zero-order chi connectivity index (χ0) is 19.6. The van der Waals surface area contributed by atoms with E-state index in [4.69, 9.17) is 0 Å². The van der Waals surface area contributed by atoms with E-state index >= 15 is 0 Å². The van der Waals surface area contributed by atoms with Gasteiger partial charge >= 0.3 is 0 Å². The number of carbonyl (C=O) groups is 2. The molecule has 0 bridgehead atoms. The Labute approximate surface area is 159 Å². The Morgan fingerprint density at radius 1 is 1.26 bits per heavy atom. The van der Waals surface area contributed by atoms with Gasteiger partial charge in [-0.05, 0) is 25.5 Å². The van der Waals surface area contributed by atoms with Crippen LogP contribution in [0.5, 0.6) is 0 Å². The Bertz CT molecular complexity index is 680. The first-order valence-electron chi connectivity index (χ1n) is 9.40. The second-order valence-electron chi connectivity index (χ2n) is 6.32. The van der Waals surface area contributed by atoms with Crippen molar-refractivity contribution >= 4 is 17.8 Å². The van der Waals surface area contributed by atoms with Crippen molar-refractivity contribution in [2.45, 2.75) is 32.7 Å². The molecule has 0 aliphatic carbocycles. The van der Waals surface area contributed by atoms with Gasteiger partial charge in [-0.1, -0.05) is 19.1 Å². The molecule has 0 spiro atoms. The van der Waals surface area contributed by atoms with Gasteiger partial charge in [-0.25, -0.2) is 4.39 Å². The Morgan fingerprint density at radius 3 is 2.74 bits per heavy atom. The third-order valence-electron chi connectivity index (χ3n) is 4.31. The van der Waals surface area contributed by atoms with Crippen LogP contribution < -0.4 is 16.0 Å². The molecule has 1 heterocycles. The predicted octanol–water partition coefficient (Wildman–Crippen LogP) is 1.12. The van der Waals surface area contributed by atoms with Crippen LogP contribution >= 0.6 is 0 Å². The number of nitrogens with one attached hydrogen (secondary N) is 3. The summed E-state index contributed by atoms with van der Waals surface area (Å²) in [4.78, 5) is 30.0. The van der Waals surface area contributed by atoms with Gasteiger partial charge in [0.1, 0.15) is 5.82 Å². The Kier molecular flexibility index (Phi) is 8.03. The molecule has 1 unspecified atom stereocenters. The maximum Gasteiger partial charge on any atom is 0.254 e. The lowest BCUT2D eigenvalue weighted by atomic mass is 10.2. The maximum absolute atomic E-state index is 13.6. The van der Waals surface area contributed by atoms with Crippen LogP contribution in [0.3, 0.4) is 0 Å². The van der Waals surface area contributed by atoms with Crippen molar-refractivity contribution in [3.05, 3.63) is 35.6 Å². The summed E-state index contributed by atoms with van der Waals surface area (Å²) in [6.45, 7) is 6.62. The van der Waals surface area contributed by atoms with Gasteiger partial charge in [0.15, 0.2) is 5.96 Å². The summed E-state index contributed by atoms with van der Waals surface area (Å²) >= 11 is 0. The van der Waals surface area contributed by atoms with Gasteiger partial charge in [-0.2, -0.15) is 0 Å². The van der Waals surface area contributed by atoms with E-state index in [0.717, 1.165) is 13.0 Å². The smallest absolute Gasteiger partial charge is 0.254 e. The minimum atomic E-state index is -0.541. The summed E-state index contributed by atoms with van der Waals surface area (Å²) in [5.74, 6) is -0.183. The summed E-state index contributed by atoms with van der Waals surface area (Å²) < 4.78 is 13.6. The second-order valence-corrected chi connectivity index (χ2v) is 6.32. The highest BCUT2D eigenvalue weighted by molar-refractivity contribution is 5.94. The summed E-state index contributed by atoms with van der Waals surface area (Å²) in [7, 11) is 0. The van der Waals surface area contributed by atoms with Crippen LogP contribution in [0, 0.1) is 5.82 Å². The van der Waals surface area contributed by atoms with E-state index in [-0.39, 0.29) is 17.5 Å².